The van der Waals surface area contributed by atoms with E-state index in [1.165, 1.54) is 4.90 Å². The summed E-state index contributed by atoms with van der Waals surface area (Å²) in [6.07, 6.45) is 2.11. The van der Waals surface area contributed by atoms with Gasteiger partial charge in [0.05, 0.1) is 30.8 Å². The highest BCUT2D eigenvalue weighted by atomic mass is 16.6. The van der Waals surface area contributed by atoms with Crippen LogP contribution in [0.1, 0.15) is 53.4 Å². The Morgan fingerprint density at radius 3 is 2.55 bits per heavy atom. The van der Waals surface area contributed by atoms with Gasteiger partial charge in [-0.2, -0.15) is 0 Å². The van der Waals surface area contributed by atoms with Gasteiger partial charge in [0, 0.05) is 5.69 Å². The maximum absolute atomic E-state index is 14.2. The minimum atomic E-state index is -1.16. The molecule has 8 nitrogen and oxygen atoms in total. The van der Waals surface area contributed by atoms with Crippen LogP contribution >= 0.6 is 0 Å². The van der Waals surface area contributed by atoms with Crippen LogP contribution < -0.4 is 5.32 Å². The van der Waals surface area contributed by atoms with E-state index in [0.29, 0.717) is 31.4 Å². The molecule has 0 aliphatic carbocycles. The lowest BCUT2D eigenvalue weighted by molar-refractivity contribution is -0.161. The van der Waals surface area contributed by atoms with Crippen LogP contribution in [-0.4, -0.2) is 64.3 Å². The van der Waals surface area contributed by atoms with Crippen molar-refractivity contribution < 1.29 is 29.0 Å². The Hall–Kier alpha value is -2.97. The van der Waals surface area contributed by atoms with E-state index in [4.69, 9.17) is 9.47 Å². The van der Waals surface area contributed by atoms with Gasteiger partial charge >= 0.3 is 5.97 Å². The normalized spacial score (nSPS) is 30.6. The number of likely N-dealkylation sites (tertiary alicyclic amines) is 1. The molecule has 3 saturated heterocycles. The van der Waals surface area contributed by atoms with Crippen molar-refractivity contribution >= 4 is 34.2 Å². The molecule has 3 aliphatic heterocycles. The minimum absolute atomic E-state index is 0.183. The number of hydrogen-bond donors (Lipinski definition) is 2. The second-order valence-corrected chi connectivity index (χ2v) is 11.3. The average Bonchev–Trinajstić information content (AvgIpc) is 3.50. The van der Waals surface area contributed by atoms with E-state index in [0.717, 1.165) is 10.8 Å². The molecule has 38 heavy (non-hydrogen) atoms. The maximum Gasteiger partial charge on any atom is 0.312 e. The topological polar surface area (TPSA) is 105 Å². The summed E-state index contributed by atoms with van der Waals surface area (Å²) in [5, 5.41) is 15.5. The lowest BCUT2D eigenvalue weighted by Crippen LogP contribution is -2.56. The van der Waals surface area contributed by atoms with Gasteiger partial charge < -0.3 is 24.8 Å². The first-order valence-corrected chi connectivity index (χ1v) is 13.8. The van der Waals surface area contributed by atoms with Gasteiger partial charge in [-0.1, -0.05) is 51.1 Å². The maximum atomic E-state index is 14.2. The van der Waals surface area contributed by atoms with Crippen LogP contribution in [-0.2, 0) is 23.9 Å². The van der Waals surface area contributed by atoms with Crippen LogP contribution in [0.4, 0.5) is 5.69 Å². The van der Waals surface area contributed by atoms with Crippen LogP contribution in [0.3, 0.4) is 0 Å². The summed E-state index contributed by atoms with van der Waals surface area (Å²) in [6.45, 7) is 7.65. The number of hydrogen-bond acceptors (Lipinski definition) is 6. The molecular weight excluding hydrogens is 484 g/mol. The van der Waals surface area contributed by atoms with E-state index < -0.39 is 41.1 Å². The standard InChI is InChI=1S/C30H38N2O6/c1-5-29-13-14-30(38-29)23(24(29)28(36)37-6-2)27(35)32(22(17-33)15-18(3)4)25(30)26(34)31-21-12-11-19-9-7-8-10-20(19)16-21/h7-12,16,18,22-25,33H,5-6,13-15,17H2,1-4H3,(H,31,34)/t22-,23+,24-,25?,29+,30?/m1/s1. The van der Waals surface area contributed by atoms with Crippen molar-refractivity contribution in [2.24, 2.45) is 17.8 Å². The predicted octanol–water partition coefficient (Wildman–Crippen LogP) is 3.90. The number of carbonyl (C=O) groups is 3. The van der Waals surface area contributed by atoms with Crippen LogP contribution in [0.5, 0.6) is 0 Å². The number of nitrogens with one attached hydrogen (secondary N) is 1. The molecule has 5 rings (SSSR count). The zero-order valence-electron chi connectivity index (χ0n) is 22.6. The number of carbonyl (C=O) groups excluding carboxylic acids is 3. The van der Waals surface area contributed by atoms with Gasteiger partial charge in [0.2, 0.25) is 11.8 Å². The van der Waals surface area contributed by atoms with E-state index in [2.05, 4.69) is 5.32 Å². The Balaban J connectivity index is 1.57. The zero-order valence-corrected chi connectivity index (χ0v) is 22.6. The molecule has 8 heteroatoms. The first kappa shape index (κ1) is 26.6. The third kappa shape index (κ3) is 4.00. The first-order valence-electron chi connectivity index (χ1n) is 13.8. The van der Waals surface area contributed by atoms with Crippen molar-refractivity contribution in [2.45, 2.75) is 76.7 Å². The number of ether oxygens (including phenoxy) is 2. The lowest BCUT2D eigenvalue weighted by atomic mass is 9.65. The molecule has 204 valence electrons. The van der Waals surface area contributed by atoms with E-state index in [-0.39, 0.29) is 30.9 Å². The van der Waals surface area contributed by atoms with Gasteiger partial charge in [-0.05, 0) is 61.4 Å². The third-order valence-electron chi connectivity index (χ3n) is 8.77. The van der Waals surface area contributed by atoms with Crippen molar-refractivity contribution in [3.63, 3.8) is 0 Å². The average molecular weight is 523 g/mol. The summed E-state index contributed by atoms with van der Waals surface area (Å²) in [5.74, 6) is -2.56. The summed E-state index contributed by atoms with van der Waals surface area (Å²) < 4.78 is 12.2. The van der Waals surface area contributed by atoms with Crippen LogP contribution in [0, 0.1) is 17.8 Å². The molecule has 1 spiro atoms. The first-order chi connectivity index (χ1) is 18.2. The summed E-state index contributed by atoms with van der Waals surface area (Å²) in [7, 11) is 0. The highest BCUT2D eigenvalue weighted by Crippen LogP contribution is 2.64. The van der Waals surface area contributed by atoms with E-state index in [1.54, 1.807) is 6.92 Å². The Bertz CT molecular complexity index is 1250. The van der Waals surface area contributed by atoms with Gasteiger partial charge in [-0.15, -0.1) is 0 Å². The van der Waals surface area contributed by atoms with Gasteiger partial charge in [0.1, 0.15) is 17.6 Å². The van der Waals surface area contributed by atoms with Gasteiger partial charge in [0.25, 0.3) is 0 Å². The summed E-state index contributed by atoms with van der Waals surface area (Å²) in [6, 6.07) is 12.0. The molecule has 2 bridgehead atoms. The van der Waals surface area contributed by atoms with Crippen molar-refractivity contribution in [3.8, 4) is 0 Å². The number of aliphatic hydroxyl groups is 1. The van der Waals surface area contributed by atoms with Crippen LogP contribution in [0.15, 0.2) is 42.5 Å². The van der Waals surface area contributed by atoms with Crippen LogP contribution in [0.25, 0.3) is 10.8 Å². The summed E-state index contributed by atoms with van der Waals surface area (Å²) in [4.78, 5) is 43.2. The monoisotopic (exact) mass is 522 g/mol. The molecule has 2 amide bonds. The molecule has 0 aromatic heterocycles. The number of esters is 1. The Morgan fingerprint density at radius 1 is 1.16 bits per heavy atom. The number of amides is 2. The van der Waals surface area contributed by atoms with Gasteiger partial charge in [-0.25, -0.2) is 0 Å². The van der Waals surface area contributed by atoms with E-state index >= 15 is 0 Å². The highest BCUT2D eigenvalue weighted by Gasteiger charge is 2.79. The Labute approximate surface area is 223 Å². The van der Waals surface area contributed by atoms with Gasteiger partial charge in [0.15, 0.2) is 0 Å². The third-order valence-corrected chi connectivity index (χ3v) is 8.77. The Kier molecular flexibility index (Phi) is 6.99. The fraction of sp³-hybridized carbons (Fsp3) is 0.567. The SMILES string of the molecule is CCOC(=O)[C@H]1[C@H]2C(=O)N([C@@H](CO)CC(C)C)C(C(=O)Nc3ccc4ccccc4c3)C23CC[C@]1(CC)O3. The number of aliphatic hydroxyl groups excluding tert-OH is 1. The molecule has 2 aromatic carbocycles. The van der Waals surface area contributed by atoms with Crippen molar-refractivity contribution in [1.29, 1.82) is 0 Å². The Morgan fingerprint density at radius 2 is 1.89 bits per heavy atom. The summed E-state index contributed by atoms with van der Waals surface area (Å²) >= 11 is 0. The highest BCUT2D eigenvalue weighted by molar-refractivity contribution is 6.04. The van der Waals surface area contributed by atoms with E-state index in [9.17, 15) is 19.5 Å². The fourth-order valence-electron chi connectivity index (χ4n) is 7.24. The molecule has 0 radical (unpaired) electrons. The molecule has 0 saturated carbocycles. The van der Waals surface area contributed by atoms with Gasteiger partial charge in [-0.3, -0.25) is 14.4 Å². The largest absolute Gasteiger partial charge is 0.466 e. The molecule has 2 aromatic rings. The molecule has 3 fully saturated rings. The fourth-order valence-corrected chi connectivity index (χ4v) is 7.24. The molecule has 2 N–H and O–H groups in total. The molecular formula is C30H38N2O6. The number of anilines is 1. The molecule has 3 aliphatic rings. The molecule has 3 heterocycles. The van der Waals surface area contributed by atoms with Crippen molar-refractivity contribution in [3.05, 3.63) is 42.5 Å². The van der Waals surface area contributed by atoms with Crippen molar-refractivity contribution in [2.75, 3.05) is 18.5 Å². The number of fused-ring (bicyclic) bond motifs is 2. The zero-order chi connectivity index (χ0) is 27.2. The number of benzene rings is 2. The number of rotatable bonds is 9. The second kappa shape index (κ2) is 9.97. The molecule has 2 unspecified atom stereocenters. The lowest BCUT2D eigenvalue weighted by Gasteiger charge is -2.37. The van der Waals surface area contributed by atoms with Crippen LogP contribution in [0.2, 0.25) is 0 Å². The minimum Gasteiger partial charge on any atom is -0.466 e. The second-order valence-electron chi connectivity index (χ2n) is 11.3. The van der Waals surface area contributed by atoms with E-state index in [1.807, 2.05) is 63.2 Å². The smallest absolute Gasteiger partial charge is 0.312 e. The molecule has 6 atom stereocenters. The predicted molar refractivity (Wildman–Crippen MR) is 143 cm³/mol. The summed E-state index contributed by atoms with van der Waals surface area (Å²) in [5.41, 5.74) is -1.38. The quantitative estimate of drug-likeness (QED) is 0.484. The number of nitrogens with zero attached hydrogens (tertiary/aromatic N) is 1. The van der Waals surface area contributed by atoms with Crippen molar-refractivity contribution in [1.82, 2.24) is 4.90 Å².